The highest BCUT2D eigenvalue weighted by Gasteiger charge is 2.13. The van der Waals surface area contributed by atoms with Crippen molar-refractivity contribution in [3.05, 3.63) is 54.4 Å². The number of carbonyl (C=O) groups excluding carboxylic acids is 1. The van der Waals surface area contributed by atoms with Gasteiger partial charge in [0.1, 0.15) is 11.6 Å². The van der Waals surface area contributed by atoms with Crippen LogP contribution >= 0.6 is 0 Å². The number of imidazole rings is 1. The van der Waals surface area contributed by atoms with Crippen LogP contribution in [-0.4, -0.2) is 29.6 Å². The smallest absolute Gasteiger partial charge is 0.339 e. The van der Waals surface area contributed by atoms with Crippen molar-refractivity contribution in [2.45, 2.75) is 0 Å². The normalized spacial score (nSPS) is 10.6. The Bertz CT molecular complexity index is 808. The molecular formula is C16H14N2O3. The summed E-state index contributed by atoms with van der Waals surface area (Å²) < 4.78 is 12.0. The molecule has 3 rings (SSSR count). The van der Waals surface area contributed by atoms with Crippen LogP contribution in [0, 0.1) is 0 Å². The number of esters is 1. The number of fused-ring (bicyclic) bond motifs is 1. The van der Waals surface area contributed by atoms with E-state index in [4.69, 9.17) is 9.47 Å². The van der Waals surface area contributed by atoms with E-state index in [-0.39, 0.29) is 5.97 Å². The Morgan fingerprint density at radius 2 is 1.95 bits per heavy atom. The van der Waals surface area contributed by atoms with Gasteiger partial charge in [-0.15, -0.1) is 0 Å². The quantitative estimate of drug-likeness (QED) is 0.693. The Kier molecular flexibility index (Phi) is 3.31. The van der Waals surface area contributed by atoms with Gasteiger partial charge in [-0.3, -0.25) is 4.40 Å². The number of carbonyl (C=O) groups is 1. The van der Waals surface area contributed by atoms with Crippen LogP contribution in [0.15, 0.2) is 48.8 Å². The van der Waals surface area contributed by atoms with E-state index in [1.165, 1.54) is 7.11 Å². The van der Waals surface area contributed by atoms with Crippen LogP contribution in [0.25, 0.3) is 16.9 Å². The lowest BCUT2D eigenvalue weighted by molar-refractivity contribution is 0.0600. The van der Waals surface area contributed by atoms with Gasteiger partial charge in [0.15, 0.2) is 0 Å². The highest BCUT2D eigenvalue weighted by Crippen LogP contribution is 2.29. The summed E-state index contributed by atoms with van der Waals surface area (Å²) in [6.07, 6.45) is 3.47. The second-order valence-corrected chi connectivity index (χ2v) is 4.49. The lowest BCUT2D eigenvalue weighted by atomic mass is 10.2. The summed E-state index contributed by atoms with van der Waals surface area (Å²) in [4.78, 5) is 16.1. The van der Waals surface area contributed by atoms with Gasteiger partial charge in [0.2, 0.25) is 0 Å². The largest absolute Gasteiger partial charge is 0.496 e. The van der Waals surface area contributed by atoms with Gasteiger partial charge < -0.3 is 9.47 Å². The maximum Gasteiger partial charge on any atom is 0.339 e. The fourth-order valence-corrected chi connectivity index (χ4v) is 2.26. The van der Waals surface area contributed by atoms with Gasteiger partial charge in [-0.05, 0) is 24.3 Å². The predicted molar refractivity (Wildman–Crippen MR) is 78.5 cm³/mol. The van der Waals surface area contributed by atoms with Crippen molar-refractivity contribution < 1.29 is 14.3 Å². The fourth-order valence-electron chi connectivity index (χ4n) is 2.26. The van der Waals surface area contributed by atoms with Crippen molar-refractivity contribution in [3.8, 4) is 17.1 Å². The van der Waals surface area contributed by atoms with Crippen molar-refractivity contribution in [2.75, 3.05) is 14.2 Å². The van der Waals surface area contributed by atoms with E-state index in [0.717, 1.165) is 16.8 Å². The highest BCUT2D eigenvalue weighted by molar-refractivity contribution is 5.89. The molecule has 0 N–H and O–H groups in total. The Morgan fingerprint density at radius 3 is 2.71 bits per heavy atom. The van der Waals surface area contributed by atoms with Crippen molar-refractivity contribution >= 4 is 11.5 Å². The van der Waals surface area contributed by atoms with E-state index in [9.17, 15) is 4.79 Å². The molecule has 0 aliphatic rings. The first-order valence-corrected chi connectivity index (χ1v) is 6.43. The minimum atomic E-state index is -0.378. The summed E-state index contributed by atoms with van der Waals surface area (Å²) in [6.45, 7) is 0. The molecule has 0 amide bonds. The molecule has 0 radical (unpaired) electrons. The van der Waals surface area contributed by atoms with E-state index >= 15 is 0 Å². The lowest BCUT2D eigenvalue weighted by Crippen LogP contribution is -2.03. The number of methoxy groups -OCH3 is 2. The molecule has 2 aromatic heterocycles. The lowest BCUT2D eigenvalue weighted by Gasteiger charge is -2.08. The molecule has 2 heterocycles. The number of rotatable bonds is 3. The standard InChI is InChI=1S/C16H14N2O3/c1-20-14-6-4-3-5-13(14)15-17-9-12-8-7-11(10-18(12)15)16(19)21-2/h3-10H,1-2H3. The molecule has 0 saturated carbocycles. The van der Waals surface area contributed by atoms with Crippen LogP contribution in [0.3, 0.4) is 0 Å². The van der Waals surface area contributed by atoms with Crippen LogP contribution in [-0.2, 0) is 4.74 Å². The van der Waals surface area contributed by atoms with Gasteiger partial charge in [-0.1, -0.05) is 12.1 Å². The zero-order chi connectivity index (χ0) is 14.8. The Labute approximate surface area is 121 Å². The van der Waals surface area contributed by atoms with Gasteiger partial charge in [-0.25, -0.2) is 9.78 Å². The van der Waals surface area contributed by atoms with Crippen molar-refractivity contribution in [3.63, 3.8) is 0 Å². The molecule has 0 aliphatic carbocycles. The van der Waals surface area contributed by atoms with Crippen molar-refractivity contribution in [1.29, 1.82) is 0 Å². The maximum absolute atomic E-state index is 11.7. The van der Waals surface area contributed by atoms with Crippen LogP contribution in [0.4, 0.5) is 0 Å². The molecule has 0 fully saturated rings. The van der Waals surface area contributed by atoms with Crippen LogP contribution < -0.4 is 4.74 Å². The summed E-state index contributed by atoms with van der Waals surface area (Å²) in [7, 11) is 2.98. The predicted octanol–water partition coefficient (Wildman–Crippen LogP) is 2.80. The molecule has 5 heteroatoms. The fraction of sp³-hybridized carbons (Fsp3) is 0.125. The van der Waals surface area contributed by atoms with Gasteiger partial charge in [0.05, 0.1) is 37.1 Å². The molecule has 5 nitrogen and oxygen atoms in total. The zero-order valence-corrected chi connectivity index (χ0v) is 11.7. The Morgan fingerprint density at radius 1 is 1.14 bits per heavy atom. The second-order valence-electron chi connectivity index (χ2n) is 4.49. The number of para-hydroxylation sites is 1. The number of hydrogen-bond acceptors (Lipinski definition) is 4. The van der Waals surface area contributed by atoms with Crippen LogP contribution in [0.1, 0.15) is 10.4 Å². The molecule has 0 aliphatic heterocycles. The van der Waals surface area contributed by atoms with Gasteiger partial charge in [0, 0.05) is 6.20 Å². The molecule has 0 unspecified atom stereocenters. The molecule has 0 atom stereocenters. The van der Waals surface area contributed by atoms with E-state index in [0.29, 0.717) is 11.4 Å². The number of benzene rings is 1. The minimum Gasteiger partial charge on any atom is -0.496 e. The van der Waals surface area contributed by atoms with E-state index in [2.05, 4.69) is 4.98 Å². The monoisotopic (exact) mass is 282 g/mol. The van der Waals surface area contributed by atoms with Gasteiger partial charge >= 0.3 is 5.97 Å². The zero-order valence-electron chi connectivity index (χ0n) is 11.7. The second kappa shape index (κ2) is 5.28. The summed E-state index contributed by atoms with van der Waals surface area (Å²) in [5.74, 6) is 1.07. The third-order valence-corrected chi connectivity index (χ3v) is 3.30. The molecule has 3 aromatic rings. The first-order chi connectivity index (χ1) is 10.2. The van der Waals surface area contributed by atoms with Crippen LogP contribution in [0.2, 0.25) is 0 Å². The Balaban J connectivity index is 2.21. The Hall–Kier alpha value is -2.82. The highest BCUT2D eigenvalue weighted by atomic mass is 16.5. The van der Waals surface area contributed by atoms with Crippen molar-refractivity contribution in [1.82, 2.24) is 9.38 Å². The van der Waals surface area contributed by atoms with Gasteiger partial charge in [0.25, 0.3) is 0 Å². The number of hydrogen-bond donors (Lipinski definition) is 0. The number of pyridine rings is 1. The summed E-state index contributed by atoms with van der Waals surface area (Å²) in [5.41, 5.74) is 2.23. The molecule has 0 bridgehead atoms. The third kappa shape index (κ3) is 2.23. The summed E-state index contributed by atoms with van der Waals surface area (Å²) >= 11 is 0. The molecule has 0 spiro atoms. The van der Waals surface area contributed by atoms with Gasteiger partial charge in [-0.2, -0.15) is 0 Å². The molecular weight excluding hydrogens is 268 g/mol. The molecule has 106 valence electrons. The average Bonchev–Trinajstić information content (AvgIpc) is 2.96. The minimum absolute atomic E-state index is 0.378. The van der Waals surface area contributed by atoms with Crippen LogP contribution in [0.5, 0.6) is 5.75 Å². The van der Waals surface area contributed by atoms with E-state index in [1.54, 1.807) is 25.6 Å². The molecule has 0 saturated heterocycles. The first kappa shape index (κ1) is 13.2. The maximum atomic E-state index is 11.7. The first-order valence-electron chi connectivity index (χ1n) is 6.43. The van der Waals surface area contributed by atoms with E-state index < -0.39 is 0 Å². The molecule has 1 aromatic carbocycles. The summed E-state index contributed by atoms with van der Waals surface area (Å²) in [5, 5.41) is 0. The SMILES string of the molecule is COC(=O)c1ccc2cnc(-c3ccccc3OC)n2c1. The van der Waals surface area contributed by atoms with E-state index in [1.807, 2.05) is 34.7 Å². The third-order valence-electron chi connectivity index (χ3n) is 3.30. The number of ether oxygens (including phenoxy) is 2. The number of aromatic nitrogens is 2. The van der Waals surface area contributed by atoms with Crippen molar-refractivity contribution in [2.24, 2.45) is 0 Å². The number of nitrogens with zero attached hydrogens (tertiary/aromatic N) is 2. The topological polar surface area (TPSA) is 52.8 Å². The molecule has 21 heavy (non-hydrogen) atoms. The average molecular weight is 282 g/mol. The summed E-state index contributed by atoms with van der Waals surface area (Å²) in [6, 6.07) is 11.2.